The van der Waals surface area contributed by atoms with Crippen LogP contribution in [0.4, 0.5) is 0 Å². The fourth-order valence-electron chi connectivity index (χ4n) is 3.11. The minimum Gasteiger partial charge on any atom is -0.339 e. The van der Waals surface area contributed by atoms with E-state index in [1.165, 1.54) is 4.31 Å². The molecule has 0 spiro atoms. The van der Waals surface area contributed by atoms with E-state index in [1.54, 1.807) is 12.1 Å². The van der Waals surface area contributed by atoms with E-state index >= 15 is 0 Å². The van der Waals surface area contributed by atoms with Gasteiger partial charge in [-0.2, -0.15) is 9.29 Å². The van der Waals surface area contributed by atoms with Gasteiger partial charge in [0.15, 0.2) is 5.82 Å². The molecule has 3 rings (SSSR count). The summed E-state index contributed by atoms with van der Waals surface area (Å²) in [5.74, 6) is 1.13. The Morgan fingerprint density at radius 3 is 2.70 bits per heavy atom. The Morgan fingerprint density at radius 1 is 1.33 bits per heavy atom. The van der Waals surface area contributed by atoms with Crippen molar-refractivity contribution in [3.63, 3.8) is 0 Å². The van der Waals surface area contributed by atoms with E-state index in [0.717, 1.165) is 18.4 Å². The molecule has 2 heterocycles. The van der Waals surface area contributed by atoms with Gasteiger partial charge in [0.1, 0.15) is 0 Å². The van der Waals surface area contributed by atoms with Crippen LogP contribution in [0.2, 0.25) is 0 Å². The second-order valence-electron chi connectivity index (χ2n) is 6.96. The molecular weight excluding hydrogens is 388 g/mol. The SMILES string of the molecule is CNC(C)Cc1noc(C2CCCN(S(=O)(=O)c3ccc(C)cc3)C2)n1.Cl. The first-order valence-corrected chi connectivity index (χ1v) is 10.4. The molecule has 27 heavy (non-hydrogen) atoms. The van der Waals surface area contributed by atoms with Crippen LogP contribution >= 0.6 is 12.4 Å². The van der Waals surface area contributed by atoms with Crippen LogP contribution in [-0.4, -0.2) is 49.0 Å². The summed E-state index contributed by atoms with van der Waals surface area (Å²) in [5, 5.41) is 7.18. The van der Waals surface area contributed by atoms with E-state index in [-0.39, 0.29) is 24.4 Å². The second-order valence-corrected chi connectivity index (χ2v) is 8.90. The van der Waals surface area contributed by atoms with Gasteiger partial charge in [-0.1, -0.05) is 22.9 Å². The summed E-state index contributed by atoms with van der Waals surface area (Å²) in [4.78, 5) is 4.81. The third-order valence-electron chi connectivity index (χ3n) is 4.86. The molecule has 1 aliphatic heterocycles. The molecule has 0 saturated carbocycles. The Morgan fingerprint density at radius 2 is 2.04 bits per heavy atom. The Kier molecular flexibility index (Phi) is 7.39. The maximum Gasteiger partial charge on any atom is 0.243 e. The van der Waals surface area contributed by atoms with Gasteiger partial charge in [0.05, 0.1) is 10.8 Å². The lowest BCUT2D eigenvalue weighted by Gasteiger charge is -2.30. The summed E-state index contributed by atoms with van der Waals surface area (Å²) in [6.45, 7) is 4.88. The van der Waals surface area contributed by atoms with Crippen molar-refractivity contribution in [1.29, 1.82) is 0 Å². The second kappa shape index (κ2) is 9.14. The minimum absolute atomic E-state index is 0. The van der Waals surface area contributed by atoms with Gasteiger partial charge >= 0.3 is 0 Å². The minimum atomic E-state index is -3.50. The first-order valence-electron chi connectivity index (χ1n) is 8.96. The number of sulfonamides is 1. The predicted octanol–water partition coefficient (Wildman–Crippen LogP) is 2.52. The molecule has 0 aliphatic carbocycles. The van der Waals surface area contributed by atoms with Crippen molar-refractivity contribution >= 4 is 22.4 Å². The number of likely N-dealkylation sites (N-methyl/N-ethyl adjacent to an activating group) is 1. The Labute approximate surface area is 167 Å². The standard InChI is InChI=1S/C18H26N4O3S.ClH/c1-13-6-8-16(9-7-13)26(23,24)22-10-4-5-15(12-22)18-20-17(21-25-18)11-14(2)19-3;/h6-9,14-15,19H,4-5,10-12H2,1-3H3;1H. The van der Waals surface area contributed by atoms with Crippen LogP contribution < -0.4 is 5.32 Å². The van der Waals surface area contributed by atoms with Gasteiger partial charge in [0.2, 0.25) is 15.9 Å². The summed E-state index contributed by atoms with van der Waals surface area (Å²) in [6.07, 6.45) is 2.31. The van der Waals surface area contributed by atoms with E-state index in [1.807, 2.05) is 33.0 Å². The average Bonchev–Trinajstić information content (AvgIpc) is 3.10. The van der Waals surface area contributed by atoms with Crippen molar-refractivity contribution in [3.05, 3.63) is 41.5 Å². The first kappa shape index (κ1) is 21.8. The molecule has 1 N–H and O–H groups in total. The smallest absolute Gasteiger partial charge is 0.243 e. The molecule has 0 bridgehead atoms. The van der Waals surface area contributed by atoms with E-state index in [2.05, 4.69) is 15.5 Å². The maximum atomic E-state index is 12.9. The van der Waals surface area contributed by atoms with Crippen molar-refractivity contribution in [2.75, 3.05) is 20.1 Å². The number of aryl methyl sites for hydroxylation is 1. The lowest BCUT2D eigenvalue weighted by atomic mass is 10.00. The number of piperidine rings is 1. The molecule has 1 fully saturated rings. The number of rotatable bonds is 6. The molecule has 0 amide bonds. The van der Waals surface area contributed by atoms with E-state index in [4.69, 9.17) is 4.52 Å². The zero-order valence-electron chi connectivity index (χ0n) is 15.9. The van der Waals surface area contributed by atoms with Crippen LogP contribution in [0.3, 0.4) is 0 Å². The summed E-state index contributed by atoms with van der Waals surface area (Å²) < 4.78 is 32.8. The van der Waals surface area contributed by atoms with Crippen molar-refractivity contribution in [2.24, 2.45) is 0 Å². The molecule has 150 valence electrons. The van der Waals surface area contributed by atoms with Crippen molar-refractivity contribution < 1.29 is 12.9 Å². The molecule has 1 saturated heterocycles. The van der Waals surface area contributed by atoms with Gasteiger partial charge in [-0.05, 0) is 45.9 Å². The largest absolute Gasteiger partial charge is 0.339 e. The van der Waals surface area contributed by atoms with E-state index in [0.29, 0.717) is 36.1 Å². The van der Waals surface area contributed by atoms with Gasteiger partial charge in [-0.25, -0.2) is 8.42 Å². The predicted molar refractivity (Wildman–Crippen MR) is 106 cm³/mol. The Balaban J connectivity index is 0.00000261. The highest BCUT2D eigenvalue weighted by atomic mass is 35.5. The van der Waals surface area contributed by atoms with Crippen LogP contribution in [-0.2, 0) is 16.4 Å². The van der Waals surface area contributed by atoms with Crippen LogP contribution in [0.5, 0.6) is 0 Å². The quantitative estimate of drug-likeness (QED) is 0.781. The molecule has 1 aromatic carbocycles. The monoisotopic (exact) mass is 414 g/mol. The van der Waals surface area contributed by atoms with E-state index in [9.17, 15) is 8.42 Å². The summed E-state index contributed by atoms with van der Waals surface area (Å²) in [7, 11) is -1.61. The number of hydrogen-bond donors (Lipinski definition) is 1. The molecular formula is C18H27ClN4O3S. The number of hydrogen-bond acceptors (Lipinski definition) is 6. The van der Waals surface area contributed by atoms with Crippen LogP contribution in [0.1, 0.15) is 43.0 Å². The Hall–Kier alpha value is -1.48. The molecule has 2 unspecified atom stereocenters. The van der Waals surface area contributed by atoms with Gasteiger partial charge in [-0.15, -0.1) is 12.4 Å². The zero-order valence-corrected chi connectivity index (χ0v) is 17.5. The normalized spacial score (nSPS) is 19.4. The first-order chi connectivity index (χ1) is 12.4. The average molecular weight is 415 g/mol. The fraction of sp³-hybridized carbons (Fsp3) is 0.556. The van der Waals surface area contributed by atoms with Crippen molar-refractivity contribution in [1.82, 2.24) is 19.8 Å². The fourth-order valence-corrected chi connectivity index (χ4v) is 4.64. The third-order valence-corrected chi connectivity index (χ3v) is 6.74. The number of nitrogens with one attached hydrogen (secondary N) is 1. The topological polar surface area (TPSA) is 88.3 Å². The van der Waals surface area contributed by atoms with E-state index < -0.39 is 10.0 Å². The summed E-state index contributed by atoms with van der Waals surface area (Å²) >= 11 is 0. The summed E-state index contributed by atoms with van der Waals surface area (Å²) in [6, 6.07) is 7.23. The van der Waals surface area contributed by atoms with Crippen LogP contribution in [0.15, 0.2) is 33.7 Å². The lowest BCUT2D eigenvalue weighted by Crippen LogP contribution is -2.39. The molecule has 7 nitrogen and oxygen atoms in total. The molecule has 1 aromatic heterocycles. The van der Waals surface area contributed by atoms with Crippen LogP contribution in [0, 0.1) is 6.92 Å². The van der Waals surface area contributed by atoms with Crippen molar-refractivity contribution in [2.45, 2.75) is 50.0 Å². The number of benzene rings is 1. The van der Waals surface area contributed by atoms with Gasteiger partial charge in [0, 0.05) is 25.6 Å². The summed E-state index contributed by atoms with van der Waals surface area (Å²) in [5.41, 5.74) is 1.04. The molecule has 2 aromatic rings. The Bertz CT molecular complexity index is 839. The molecule has 1 aliphatic rings. The number of aromatic nitrogens is 2. The molecule has 2 atom stereocenters. The van der Waals surface area contributed by atoms with Gasteiger partial charge < -0.3 is 9.84 Å². The van der Waals surface area contributed by atoms with Gasteiger partial charge in [-0.3, -0.25) is 0 Å². The lowest BCUT2D eigenvalue weighted by molar-refractivity contribution is 0.265. The van der Waals surface area contributed by atoms with Gasteiger partial charge in [0.25, 0.3) is 0 Å². The number of halogens is 1. The third kappa shape index (κ3) is 5.07. The zero-order chi connectivity index (χ0) is 18.7. The highest BCUT2D eigenvalue weighted by Crippen LogP contribution is 2.29. The van der Waals surface area contributed by atoms with Crippen LogP contribution in [0.25, 0.3) is 0 Å². The molecule has 0 radical (unpaired) electrons. The highest BCUT2D eigenvalue weighted by Gasteiger charge is 2.33. The maximum absolute atomic E-state index is 12.9. The number of nitrogens with zero attached hydrogens (tertiary/aromatic N) is 3. The van der Waals surface area contributed by atoms with Crippen molar-refractivity contribution in [3.8, 4) is 0 Å². The highest BCUT2D eigenvalue weighted by molar-refractivity contribution is 7.89. The molecule has 9 heteroatoms.